The lowest BCUT2D eigenvalue weighted by atomic mass is 10.1. The van der Waals surface area contributed by atoms with E-state index < -0.39 is 0 Å². The van der Waals surface area contributed by atoms with E-state index in [1.54, 1.807) is 0 Å². The van der Waals surface area contributed by atoms with Gasteiger partial charge in [0.2, 0.25) is 0 Å². The summed E-state index contributed by atoms with van der Waals surface area (Å²) in [6.07, 6.45) is 5.39. The number of hydrogen-bond acceptors (Lipinski definition) is 8. The van der Waals surface area contributed by atoms with Gasteiger partial charge in [0.15, 0.2) is 5.82 Å². The van der Waals surface area contributed by atoms with Crippen LogP contribution < -0.4 is 10.2 Å². The van der Waals surface area contributed by atoms with E-state index in [-0.39, 0.29) is 0 Å². The molecule has 2 aromatic rings. The number of nitrogens with one attached hydrogen (secondary N) is 1. The average molecular weight is 424 g/mol. The number of piperazine rings is 1. The number of anilines is 2. The normalized spacial score (nSPS) is 20.1. The lowest BCUT2D eigenvalue weighted by Gasteiger charge is -2.33. The molecule has 2 aromatic heterocycles. The minimum Gasteiger partial charge on any atom is -0.376 e. The first-order chi connectivity index (χ1) is 15.3. The zero-order valence-electron chi connectivity index (χ0n) is 18.5. The van der Waals surface area contributed by atoms with Crippen LogP contribution >= 0.6 is 0 Å². The minimum atomic E-state index is 0.586. The predicted molar refractivity (Wildman–Crippen MR) is 122 cm³/mol. The Hall–Kier alpha value is -2.29. The van der Waals surface area contributed by atoms with Crippen LogP contribution in [-0.2, 0) is 17.8 Å². The SMILES string of the molecule is CN1CCN(c2ccc(-c3nc4c(c(NCCN5CCCC5)n3)COCC4)cn2)CC1. The molecule has 0 atom stereocenters. The number of pyridine rings is 1. The number of likely N-dealkylation sites (tertiary alicyclic amines) is 1. The fourth-order valence-corrected chi connectivity index (χ4v) is 4.59. The molecule has 0 aliphatic carbocycles. The molecule has 0 aromatic carbocycles. The molecule has 0 radical (unpaired) electrons. The first kappa shape index (κ1) is 20.6. The summed E-state index contributed by atoms with van der Waals surface area (Å²) in [6, 6.07) is 4.21. The number of aromatic nitrogens is 3. The fourth-order valence-electron chi connectivity index (χ4n) is 4.59. The molecule has 8 heteroatoms. The van der Waals surface area contributed by atoms with Gasteiger partial charge >= 0.3 is 0 Å². The van der Waals surface area contributed by atoms with Crippen molar-refractivity contribution in [1.29, 1.82) is 0 Å². The van der Waals surface area contributed by atoms with E-state index in [9.17, 15) is 0 Å². The summed E-state index contributed by atoms with van der Waals surface area (Å²) in [5.41, 5.74) is 3.18. The first-order valence-electron chi connectivity index (χ1n) is 11.6. The zero-order valence-corrected chi connectivity index (χ0v) is 18.5. The van der Waals surface area contributed by atoms with Gasteiger partial charge < -0.3 is 24.8 Å². The van der Waals surface area contributed by atoms with Gasteiger partial charge in [-0.05, 0) is 45.1 Å². The molecule has 0 unspecified atom stereocenters. The summed E-state index contributed by atoms with van der Waals surface area (Å²) in [4.78, 5) is 21.7. The molecule has 0 amide bonds. The molecule has 0 bridgehead atoms. The van der Waals surface area contributed by atoms with Crippen molar-refractivity contribution in [2.45, 2.75) is 25.9 Å². The number of likely N-dealkylation sites (N-methyl/N-ethyl adjacent to an activating group) is 1. The highest BCUT2D eigenvalue weighted by Gasteiger charge is 2.20. The Balaban J connectivity index is 1.33. The molecule has 166 valence electrons. The molecule has 3 aliphatic heterocycles. The molecule has 2 saturated heterocycles. The summed E-state index contributed by atoms with van der Waals surface area (Å²) in [5, 5.41) is 3.57. The van der Waals surface area contributed by atoms with Crippen LogP contribution in [0.15, 0.2) is 18.3 Å². The first-order valence-corrected chi connectivity index (χ1v) is 11.6. The van der Waals surface area contributed by atoms with Gasteiger partial charge in [-0.1, -0.05) is 0 Å². The highest BCUT2D eigenvalue weighted by molar-refractivity contribution is 5.61. The minimum absolute atomic E-state index is 0.586. The van der Waals surface area contributed by atoms with Crippen LogP contribution in [0, 0.1) is 0 Å². The zero-order chi connectivity index (χ0) is 21.0. The largest absolute Gasteiger partial charge is 0.376 e. The van der Waals surface area contributed by atoms with Crippen molar-refractivity contribution in [2.75, 3.05) is 76.2 Å². The van der Waals surface area contributed by atoms with E-state index in [4.69, 9.17) is 19.7 Å². The van der Waals surface area contributed by atoms with Gasteiger partial charge in [0.1, 0.15) is 11.6 Å². The van der Waals surface area contributed by atoms with Crippen molar-refractivity contribution < 1.29 is 4.74 Å². The van der Waals surface area contributed by atoms with Gasteiger partial charge in [0.25, 0.3) is 0 Å². The second kappa shape index (κ2) is 9.46. The third-order valence-electron chi connectivity index (χ3n) is 6.57. The molecule has 0 saturated carbocycles. The van der Waals surface area contributed by atoms with E-state index in [0.717, 1.165) is 86.6 Å². The molecule has 3 aliphatic rings. The number of fused-ring (bicyclic) bond motifs is 1. The summed E-state index contributed by atoms with van der Waals surface area (Å²) in [6.45, 7) is 9.86. The van der Waals surface area contributed by atoms with Crippen molar-refractivity contribution in [2.24, 2.45) is 0 Å². The predicted octanol–water partition coefficient (Wildman–Crippen LogP) is 1.87. The van der Waals surface area contributed by atoms with Crippen molar-refractivity contribution in [1.82, 2.24) is 24.8 Å². The van der Waals surface area contributed by atoms with E-state index >= 15 is 0 Å². The molecule has 8 nitrogen and oxygen atoms in total. The number of nitrogens with zero attached hydrogens (tertiary/aromatic N) is 6. The summed E-state index contributed by atoms with van der Waals surface area (Å²) < 4.78 is 5.70. The van der Waals surface area contributed by atoms with E-state index in [1.807, 2.05) is 6.20 Å². The highest BCUT2D eigenvalue weighted by atomic mass is 16.5. The van der Waals surface area contributed by atoms with E-state index in [1.165, 1.54) is 25.9 Å². The lowest BCUT2D eigenvalue weighted by Crippen LogP contribution is -2.44. The van der Waals surface area contributed by atoms with Crippen LogP contribution in [0.5, 0.6) is 0 Å². The third kappa shape index (κ3) is 4.81. The number of rotatable bonds is 6. The standard InChI is InChI=1S/C23H33N7O/c1-28-11-13-30(14-12-28)21-5-4-18(16-25-21)22-26-20-6-15-31-17-19(20)23(27-22)24-7-10-29-8-2-3-9-29/h4-5,16H,2-3,6-15,17H2,1H3,(H,24,26,27). The Morgan fingerprint density at radius 1 is 1.03 bits per heavy atom. The van der Waals surface area contributed by atoms with Crippen molar-refractivity contribution in [3.8, 4) is 11.4 Å². The molecular formula is C23H33N7O. The van der Waals surface area contributed by atoms with Gasteiger partial charge in [-0.3, -0.25) is 0 Å². The van der Waals surface area contributed by atoms with Gasteiger partial charge in [-0.15, -0.1) is 0 Å². The van der Waals surface area contributed by atoms with Gasteiger partial charge in [0, 0.05) is 63.0 Å². The Labute approximate surface area is 184 Å². The van der Waals surface area contributed by atoms with Crippen LogP contribution in [0.4, 0.5) is 11.6 Å². The van der Waals surface area contributed by atoms with Gasteiger partial charge in [-0.2, -0.15) is 0 Å². The Bertz CT molecular complexity index is 874. The summed E-state index contributed by atoms with van der Waals surface area (Å²) in [7, 11) is 2.17. The highest BCUT2D eigenvalue weighted by Crippen LogP contribution is 2.27. The Kier molecular flexibility index (Phi) is 6.29. The monoisotopic (exact) mass is 423 g/mol. The fraction of sp³-hybridized carbons (Fsp3) is 0.609. The molecule has 1 N–H and O–H groups in total. The second-order valence-corrected chi connectivity index (χ2v) is 8.79. The van der Waals surface area contributed by atoms with Crippen molar-refractivity contribution in [3.05, 3.63) is 29.6 Å². The van der Waals surface area contributed by atoms with Gasteiger partial charge in [-0.25, -0.2) is 15.0 Å². The Morgan fingerprint density at radius 2 is 1.87 bits per heavy atom. The summed E-state index contributed by atoms with van der Waals surface area (Å²) in [5.74, 6) is 2.70. The maximum Gasteiger partial charge on any atom is 0.163 e. The average Bonchev–Trinajstić information content (AvgIpc) is 3.33. The Morgan fingerprint density at radius 3 is 2.65 bits per heavy atom. The second-order valence-electron chi connectivity index (χ2n) is 8.79. The van der Waals surface area contributed by atoms with E-state index in [0.29, 0.717) is 6.61 Å². The van der Waals surface area contributed by atoms with Crippen LogP contribution in [0.25, 0.3) is 11.4 Å². The summed E-state index contributed by atoms with van der Waals surface area (Å²) >= 11 is 0. The quantitative estimate of drug-likeness (QED) is 0.755. The maximum atomic E-state index is 5.70. The molecule has 5 rings (SSSR count). The molecule has 2 fully saturated rings. The smallest absolute Gasteiger partial charge is 0.163 e. The molecular weight excluding hydrogens is 390 g/mol. The topological polar surface area (TPSA) is 69.7 Å². The van der Waals surface area contributed by atoms with Crippen LogP contribution in [0.1, 0.15) is 24.1 Å². The lowest BCUT2D eigenvalue weighted by molar-refractivity contribution is 0.109. The molecule has 31 heavy (non-hydrogen) atoms. The van der Waals surface area contributed by atoms with Crippen LogP contribution in [-0.4, -0.2) is 90.8 Å². The molecule has 0 spiro atoms. The maximum absolute atomic E-state index is 5.70. The van der Waals surface area contributed by atoms with Crippen LogP contribution in [0.2, 0.25) is 0 Å². The van der Waals surface area contributed by atoms with Crippen molar-refractivity contribution in [3.63, 3.8) is 0 Å². The van der Waals surface area contributed by atoms with Crippen molar-refractivity contribution >= 4 is 11.6 Å². The van der Waals surface area contributed by atoms with Crippen LogP contribution in [0.3, 0.4) is 0 Å². The van der Waals surface area contributed by atoms with Gasteiger partial charge in [0.05, 0.1) is 18.9 Å². The molecule has 5 heterocycles. The van der Waals surface area contributed by atoms with E-state index in [2.05, 4.69) is 39.2 Å². The number of ether oxygens (including phenoxy) is 1. The number of hydrogen-bond donors (Lipinski definition) is 1. The third-order valence-corrected chi connectivity index (χ3v) is 6.57.